The molecule has 1 aromatic rings. The van der Waals surface area contributed by atoms with E-state index in [0.717, 1.165) is 18.6 Å². The molecule has 0 radical (unpaired) electrons. The van der Waals surface area contributed by atoms with Crippen LogP contribution >= 0.6 is 11.6 Å². The average Bonchev–Trinajstić information content (AvgIpc) is 2.83. The standard InChI is InChI=1S/C14H14ClF3N2O/c15-12-3-2-10(14(16,17)18)7-9(12)1-4-13(21)20-6-5-11(19)8-20/h1-4,7,11H,5-6,8,19H2/b4-1+. The van der Waals surface area contributed by atoms with E-state index in [1.807, 2.05) is 0 Å². The molecule has 7 heteroatoms. The van der Waals surface area contributed by atoms with Crippen LogP contribution in [0.4, 0.5) is 13.2 Å². The van der Waals surface area contributed by atoms with E-state index < -0.39 is 11.7 Å². The molecule has 1 atom stereocenters. The monoisotopic (exact) mass is 318 g/mol. The Bertz CT molecular complexity index is 572. The first-order chi connectivity index (χ1) is 9.77. The third-order valence-electron chi connectivity index (χ3n) is 3.27. The molecule has 2 N–H and O–H groups in total. The Morgan fingerprint density at radius 1 is 1.43 bits per heavy atom. The largest absolute Gasteiger partial charge is 0.416 e. The van der Waals surface area contributed by atoms with Crippen LogP contribution < -0.4 is 5.73 Å². The number of benzene rings is 1. The number of alkyl halides is 3. The molecule has 1 unspecified atom stereocenters. The highest BCUT2D eigenvalue weighted by molar-refractivity contribution is 6.32. The molecule has 0 aromatic heterocycles. The van der Waals surface area contributed by atoms with Gasteiger partial charge in [-0.25, -0.2) is 0 Å². The highest BCUT2D eigenvalue weighted by Gasteiger charge is 2.30. The van der Waals surface area contributed by atoms with E-state index in [1.165, 1.54) is 18.2 Å². The van der Waals surface area contributed by atoms with Crippen LogP contribution in [-0.2, 0) is 11.0 Å². The first kappa shape index (κ1) is 15.9. The minimum atomic E-state index is -4.45. The van der Waals surface area contributed by atoms with E-state index in [9.17, 15) is 18.0 Å². The Morgan fingerprint density at radius 2 is 2.14 bits per heavy atom. The zero-order valence-electron chi connectivity index (χ0n) is 11.0. The van der Waals surface area contributed by atoms with Crippen molar-refractivity contribution in [1.82, 2.24) is 4.90 Å². The van der Waals surface area contributed by atoms with Gasteiger partial charge in [-0.1, -0.05) is 11.6 Å². The summed E-state index contributed by atoms with van der Waals surface area (Å²) in [4.78, 5) is 13.4. The number of rotatable bonds is 2. The lowest BCUT2D eigenvalue weighted by atomic mass is 10.1. The lowest BCUT2D eigenvalue weighted by molar-refractivity contribution is -0.137. The van der Waals surface area contributed by atoms with Crippen LogP contribution in [0.1, 0.15) is 17.5 Å². The fraction of sp³-hybridized carbons (Fsp3) is 0.357. The summed E-state index contributed by atoms with van der Waals surface area (Å²) < 4.78 is 37.9. The first-order valence-electron chi connectivity index (χ1n) is 6.36. The molecule has 21 heavy (non-hydrogen) atoms. The molecule has 1 heterocycles. The predicted octanol–water partition coefficient (Wildman–Crippen LogP) is 2.93. The summed E-state index contributed by atoms with van der Waals surface area (Å²) in [6.07, 6.45) is -1.20. The number of amides is 1. The Labute approximate surface area is 125 Å². The molecule has 1 amide bonds. The van der Waals surface area contributed by atoms with Gasteiger partial charge in [-0.3, -0.25) is 4.79 Å². The van der Waals surface area contributed by atoms with Crippen molar-refractivity contribution in [3.63, 3.8) is 0 Å². The van der Waals surface area contributed by atoms with E-state index in [4.69, 9.17) is 17.3 Å². The van der Waals surface area contributed by atoms with Crippen molar-refractivity contribution in [1.29, 1.82) is 0 Å². The molecule has 0 aliphatic carbocycles. The number of hydrogen-bond acceptors (Lipinski definition) is 2. The minimum absolute atomic E-state index is 0.0421. The van der Waals surface area contributed by atoms with Gasteiger partial charge in [-0.15, -0.1) is 0 Å². The highest BCUT2D eigenvalue weighted by Crippen LogP contribution is 2.32. The average molecular weight is 319 g/mol. The van der Waals surface area contributed by atoms with E-state index >= 15 is 0 Å². The van der Waals surface area contributed by atoms with Crippen molar-refractivity contribution < 1.29 is 18.0 Å². The second-order valence-corrected chi connectivity index (χ2v) is 5.31. The van der Waals surface area contributed by atoms with Crippen molar-refractivity contribution >= 4 is 23.6 Å². The number of nitrogens with zero attached hydrogens (tertiary/aromatic N) is 1. The van der Waals surface area contributed by atoms with Crippen molar-refractivity contribution in [3.8, 4) is 0 Å². The van der Waals surface area contributed by atoms with E-state index in [1.54, 1.807) is 4.90 Å². The van der Waals surface area contributed by atoms with E-state index in [0.29, 0.717) is 13.1 Å². The first-order valence-corrected chi connectivity index (χ1v) is 6.74. The Kier molecular flexibility index (Phi) is 4.58. The quantitative estimate of drug-likeness (QED) is 0.852. The van der Waals surface area contributed by atoms with Gasteiger partial charge < -0.3 is 10.6 Å². The SMILES string of the molecule is NC1CCN(C(=O)/C=C/c2cc(C(F)(F)F)ccc2Cl)C1. The van der Waals surface area contributed by atoms with Crippen LogP contribution in [0.3, 0.4) is 0 Å². The van der Waals surface area contributed by atoms with Crippen LogP contribution in [-0.4, -0.2) is 29.9 Å². The van der Waals surface area contributed by atoms with Gasteiger partial charge in [0.2, 0.25) is 5.91 Å². The number of likely N-dealkylation sites (tertiary alicyclic amines) is 1. The maximum absolute atomic E-state index is 12.6. The number of halogens is 4. The van der Waals surface area contributed by atoms with Gasteiger partial charge in [0.15, 0.2) is 0 Å². The topological polar surface area (TPSA) is 46.3 Å². The Hall–Kier alpha value is -1.53. The molecular weight excluding hydrogens is 305 g/mol. The van der Waals surface area contributed by atoms with Gasteiger partial charge in [-0.2, -0.15) is 13.2 Å². The van der Waals surface area contributed by atoms with Gasteiger partial charge >= 0.3 is 6.18 Å². The molecule has 0 bridgehead atoms. The number of carbonyl (C=O) groups excluding carboxylic acids is 1. The lowest BCUT2D eigenvalue weighted by Gasteiger charge is -2.13. The summed E-state index contributed by atoms with van der Waals surface area (Å²) in [5, 5.41) is 0.158. The molecule has 2 rings (SSSR count). The van der Waals surface area contributed by atoms with Gasteiger partial charge in [-0.05, 0) is 36.3 Å². The molecule has 0 spiro atoms. The number of nitrogens with two attached hydrogens (primary N) is 1. The summed E-state index contributed by atoms with van der Waals surface area (Å²) in [5.41, 5.74) is 5.05. The molecule has 1 saturated heterocycles. The van der Waals surface area contributed by atoms with Crippen LogP contribution in [0, 0.1) is 0 Å². The Balaban J connectivity index is 2.15. The maximum Gasteiger partial charge on any atom is 0.416 e. The fourth-order valence-electron chi connectivity index (χ4n) is 2.10. The summed E-state index contributed by atoms with van der Waals surface area (Å²) in [7, 11) is 0. The molecule has 1 aromatic carbocycles. The van der Waals surface area contributed by atoms with Crippen molar-refractivity contribution in [2.24, 2.45) is 5.73 Å². The zero-order valence-corrected chi connectivity index (χ0v) is 11.8. The highest BCUT2D eigenvalue weighted by atomic mass is 35.5. The molecule has 1 aliphatic rings. The van der Waals surface area contributed by atoms with Gasteiger partial charge in [0, 0.05) is 30.2 Å². The van der Waals surface area contributed by atoms with E-state index in [2.05, 4.69) is 0 Å². The summed E-state index contributed by atoms with van der Waals surface area (Å²) in [6.45, 7) is 1.01. The van der Waals surface area contributed by atoms with Crippen LogP contribution in [0.5, 0.6) is 0 Å². The molecule has 1 fully saturated rings. The molecule has 114 valence electrons. The molecule has 0 saturated carbocycles. The van der Waals surface area contributed by atoms with Crippen molar-refractivity contribution in [2.45, 2.75) is 18.6 Å². The van der Waals surface area contributed by atoms with Crippen LogP contribution in [0.2, 0.25) is 5.02 Å². The predicted molar refractivity (Wildman–Crippen MR) is 74.7 cm³/mol. The lowest BCUT2D eigenvalue weighted by Crippen LogP contribution is -2.30. The number of hydrogen-bond donors (Lipinski definition) is 1. The van der Waals surface area contributed by atoms with Gasteiger partial charge in [0.05, 0.1) is 5.56 Å². The summed E-state index contributed by atoms with van der Waals surface area (Å²) >= 11 is 5.85. The summed E-state index contributed by atoms with van der Waals surface area (Å²) in [5.74, 6) is -0.281. The molecule has 3 nitrogen and oxygen atoms in total. The smallest absolute Gasteiger partial charge is 0.338 e. The zero-order chi connectivity index (χ0) is 15.6. The Morgan fingerprint density at radius 3 is 2.71 bits per heavy atom. The van der Waals surface area contributed by atoms with Gasteiger partial charge in [0.25, 0.3) is 0 Å². The summed E-state index contributed by atoms with van der Waals surface area (Å²) in [6, 6.07) is 2.95. The number of carbonyl (C=O) groups is 1. The van der Waals surface area contributed by atoms with Crippen molar-refractivity contribution in [3.05, 3.63) is 40.4 Å². The molecule has 1 aliphatic heterocycles. The van der Waals surface area contributed by atoms with Crippen LogP contribution in [0.15, 0.2) is 24.3 Å². The molecular formula is C14H14ClF3N2O. The van der Waals surface area contributed by atoms with Crippen molar-refractivity contribution in [2.75, 3.05) is 13.1 Å². The maximum atomic E-state index is 12.6. The second kappa shape index (κ2) is 6.07. The minimum Gasteiger partial charge on any atom is -0.338 e. The second-order valence-electron chi connectivity index (χ2n) is 4.90. The van der Waals surface area contributed by atoms with Gasteiger partial charge in [0.1, 0.15) is 0 Å². The van der Waals surface area contributed by atoms with E-state index in [-0.39, 0.29) is 22.5 Å². The normalized spacial score (nSPS) is 19.5. The fourth-order valence-corrected chi connectivity index (χ4v) is 2.28. The third-order valence-corrected chi connectivity index (χ3v) is 3.61. The third kappa shape index (κ3) is 3.98. The van der Waals surface area contributed by atoms with Crippen LogP contribution in [0.25, 0.3) is 6.08 Å².